The number of nitrogens with zero attached hydrogens (tertiary/aromatic N) is 4. The lowest BCUT2D eigenvalue weighted by Gasteiger charge is -2.26. The summed E-state index contributed by atoms with van der Waals surface area (Å²) in [6.45, 7) is 6.17. The molecular formula is C19H22N4O2. The van der Waals surface area contributed by atoms with Gasteiger partial charge >= 0.3 is 0 Å². The zero-order valence-corrected chi connectivity index (χ0v) is 14.6. The predicted octanol–water partition coefficient (Wildman–Crippen LogP) is 1.93. The number of fused-ring (bicyclic) bond motifs is 2. The van der Waals surface area contributed by atoms with E-state index in [1.807, 2.05) is 28.1 Å². The SMILES string of the molecule is CC(=O)N1CCc2cccnc2C1.CC(=O)N1Cc2ccncc2C1. The van der Waals surface area contributed by atoms with Crippen molar-refractivity contribution in [2.75, 3.05) is 6.54 Å². The van der Waals surface area contributed by atoms with E-state index in [0.29, 0.717) is 6.54 Å². The Hall–Kier alpha value is -2.76. The molecule has 4 heterocycles. The van der Waals surface area contributed by atoms with Crippen LogP contribution in [0.3, 0.4) is 0 Å². The highest BCUT2D eigenvalue weighted by atomic mass is 16.2. The summed E-state index contributed by atoms with van der Waals surface area (Å²) in [4.78, 5) is 34.0. The standard InChI is InChI=1S/C10H12N2O.C9H10N2O/c1-8(13)12-6-4-9-3-2-5-11-10(9)7-12;1-7(12)11-5-8-2-3-10-4-9(8)6-11/h2-3,5H,4,6-7H2,1H3;2-4H,5-6H2,1H3. The van der Waals surface area contributed by atoms with Gasteiger partial charge in [-0.05, 0) is 35.2 Å². The minimum absolute atomic E-state index is 0.131. The normalized spacial score (nSPS) is 15.0. The van der Waals surface area contributed by atoms with Gasteiger partial charge in [0.05, 0.1) is 12.2 Å². The molecule has 0 radical (unpaired) electrons. The number of carbonyl (C=O) groups is 2. The summed E-state index contributed by atoms with van der Waals surface area (Å²) in [6.07, 6.45) is 6.31. The molecule has 0 unspecified atom stereocenters. The van der Waals surface area contributed by atoms with Crippen molar-refractivity contribution >= 4 is 11.8 Å². The van der Waals surface area contributed by atoms with E-state index in [-0.39, 0.29) is 11.8 Å². The van der Waals surface area contributed by atoms with Gasteiger partial charge in [-0.1, -0.05) is 6.07 Å². The van der Waals surface area contributed by atoms with E-state index in [2.05, 4.69) is 16.0 Å². The van der Waals surface area contributed by atoms with E-state index in [1.54, 1.807) is 26.2 Å². The molecule has 0 saturated heterocycles. The van der Waals surface area contributed by atoms with Crippen LogP contribution in [-0.2, 0) is 35.6 Å². The van der Waals surface area contributed by atoms with Crippen LogP contribution in [-0.4, -0.2) is 38.1 Å². The maximum absolute atomic E-state index is 11.1. The lowest BCUT2D eigenvalue weighted by molar-refractivity contribution is -0.130. The fourth-order valence-electron chi connectivity index (χ4n) is 3.07. The first kappa shape index (κ1) is 17.1. The van der Waals surface area contributed by atoms with Crippen molar-refractivity contribution in [2.45, 2.75) is 39.9 Å². The summed E-state index contributed by atoms with van der Waals surface area (Å²) < 4.78 is 0. The van der Waals surface area contributed by atoms with Gasteiger partial charge in [0.15, 0.2) is 0 Å². The smallest absolute Gasteiger partial charge is 0.220 e. The Morgan fingerprint density at radius 2 is 1.68 bits per heavy atom. The van der Waals surface area contributed by atoms with Gasteiger partial charge in [0, 0.05) is 52.1 Å². The second-order valence-corrected chi connectivity index (χ2v) is 6.32. The zero-order valence-electron chi connectivity index (χ0n) is 14.6. The number of hydrogen-bond acceptors (Lipinski definition) is 4. The quantitative estimate of drug-likeness (QED) is 0.736. The highest BCUT2D eigenvalue weighted by Gasteiger charge is 2.20. The molecule has 0 saturated carbocycles. The van der Waals surface area contributed by atoms with Gasteiger partial charge in [-0.3, -0.25) is 19.6 Å². The van der Waals surface area contributed by atoms with Crippen molar-refractivity contribution in [2.24, 2.45) is 0 Å². The first-order chi connectivity index (χ1) is 12.0. The van der Waals surface area contributed by atoms with Crippen LogP contribution in [0.1, 0.15) is 36.2 Å². The molecule has 0 aliphatic carbocycles. The highest BCUT2D eigenvalue weighted by Crippen LogP contribution is 2.20. The van der Waals surface area contributed by atoms with Gasteiger partial charge in [-0.15, -0.1) is 0 Å². The predicted molar refractivity (Wildman–Crippen MR) is 93.2 cm³/mol. The Kier molecular flexibility index (Phi) is 5.07. The molecule has 2 amide bonds. The van der Waals surface area contributed by atoms with Crippen LogP contribution in [0, 0.1) is 0 Å². The van der Waals surface area contributed by atoms with E-state index < -0.39 is 0 Å². The minimum Gasteiger partial charge on any atom is -0.337 e. The lowest BCUT2D eigenvalue weighted by atomic mass is 10.1. The monoisotopic (exact) mass is 338 g/mol. The van der Waals surface area contributed by atoms with Crippen molar-refractivity contribution in [1.82, 2.24) is 19.8 Å². The van der Waals surface area contributed by atoms with Crippen LogP contribution in [0.2, 0.25) is 0 Å². The molecule has 2 aromatic heterocycles. The van der Waals surface area contributed by atoms with Crippen molar-refractivity contribution in [3.05, 3.63) is 59.2 Å². The maximum Gasteiger partial charge on any atom is 0.220 e. The number of hydrogen-bond donors (Lipinski definition) is 0. The molecule has 130 valence electrons. The van der Waals surface area contributed by atoms with Crippen molar-refractivity contribution in [3.8, 4) is 0 Å². The molecule has 6 heteroatoms. The van der Waals surface area contributed by atoms with Crippen molar-refractivity contribution in [1.29, 1.82) is 0 Å². The molecule has 0 spiro atoms. The van der Waals surface area contributed by atoms with E-state index in [9.17, 15) is 9.59 Å². The molecule has 2 aromatic rings. The van der Waals surface area contributed by atoms with Crippen molar-refractivity contribution < 1.29 is 9.59 Å². The number of carbonyl (C=O) groups excluding carboxylic acids is 2. The lowest BCUT2D eigenvalue weighted by Crippen LogP contribution is -2.34. The molecule has 0 N–H and O–H groups in total. The average Bonchev–Trinajstić information content (AvgIpc) is 3.06. The molecule has 4 rings (SSSR count). The van der Waals surface area contributed by atoms with Crippen LogP contribution in [0.25, 0.3) is 0 Å². The Morgan fingerprint density at radius 3 is 2.40 bits per heavy atom. The second kappa shape index (κ2) is 7.42. The van der Waals surface area contributed by atoms with E-state index in [1.165, 1.54) is 16.7 Å². The zero-order chi connectivity index (χ0) is 17.8. The molecule has 0 fully saturated rings. The Bertz CT molecular complexity index is 765. The first-order valence-electron chi connectivity index (χ1n) is 8.40. The Morgan fingerprint density at radius 1 is 0.920 bits per heavy atom. The fourth-order valence-corrected chi connectivity index (χ4v) is 3.07. The topological polar surface area (TPSA) is 66.4 Å². The second-order valence-electron chi connectivity index (χ2n) is 6.32. The van der Waals surface area contributed by atoms with Gasteiger partial charge in [-0.2, -0.15) is 0 Å². The third-order valence-corrected chi connectivity index (χ3v) is 4.59. The van der Waals surface area contributed by atoms with E-state index >= 15 is 0 Å². The van der Waals surface area contributed by atoms with Crippen LogP contribution >= 0.6 is 0 Å². The Balaban J connectivity index is 0.000000146. The largest absolute Gasteiger partial charge is 0.337 e. The van der Waals surface area contributed by atoms with Gasteiger partial charge in [0.2, 0.25) is 11.8 Å². The first-order valence-corrected chi connectivity index (χ1v) is 8.40. The molecule has 0 bridgehead atoms. The van der Waals surface area contributed by atoms with Crippen LogP contribution in [0.5, 0.6) is 0 Å². The minimum atomic E-state index is 0.131. The number of amides is 2. The molecular weight excluding hydrogens is 316 g/mol. The number of aromatic nitrogens is 2. The molecule has 25 heavy (non-hydrogen) atoms. The van der Waals surface area contributed by atoms with Crippen molar-refractivity contribution in [3.63, 3.8) is 0 Å². The molecule has 2 aliphatic heterocycles. The van der Waals surface area contributed by atoms with E-state index in [4.69, 9.17) is 0 Å². The fraction of sp³-hybridized carbons (Fsp3) is 0.368. The molecule has 6 nitrogen and oxygen atoms in total. The van der Waals surface area contributed by atoms with E-state index in [0.717, 1.165) is 31.7 Å². The summed E-state index contributed by atoms with van der Waals surface area (Å²) in [5.74, 6) is 0.266. The van der Waals surface area contributed by atoms with Crippen LogP contribution < -0.4 is 0 Å². The Labute approximate surface area is 147 Å². The summed E-state index contributed by atoms with van der Waals surface area (Å²) >= 11 is 0. The van der Waals surface area contributed by atoms with Crippen LogP contribution in [0.15, 0.2) is 36.8 Å². The highest BCUT2D eigenvalue weighted by molar-refractivity contribution is 5.74. The molecule has 0 atom stereocenters. The third kappa shape index (κ3) is 4.02. The average molecular weight is 338 g/mol. The summed E-state index contributed by atoms with van der Waals surface area (Å²) in [5, 5.41) is 0. The van der Waals surface area contributed by atoms with Crippen LogP contribution in [0.4, 0.5) is 0 Å². The van der Waals surface area contributed by atoms with Gasteiger partial charge in [-0.25, -0.2) is 0 Å². The number of pyridine rings is 2. The summed E-state index contributed by atoms with van der Waals surface area (Å²) in [7, 11) is 0. The van der Waals surface area contributed by atoms with Gasteiger partial charge < -0.3 is 9.80 Å². The third-order valence-electron chi connectivity index (χ3n) is 4.59. The molecule has 0 aromatic carbocycles. The number of rotatable bonds is 0. The van der Waals surface area contributed by atoms with Gasteiger partial charge in [0.1, 0.15) is 0 Å². The maximum atomic E-state index is 11.1. The summed E-state index contributed by atoms with van der Waals surface area (Å²) in [5.41, 5.74) is 4.72. The summed E-state index contributed by atoms with van der Waals surface area (Å²) in [6, 6.07) is 6.00. The van der Waals surface area contributed by atoms with Gasteiger partial charge in [0.25, 0.3) is 0 Å². The molecule has 2 aliphatic rings.